The van der Waals surface area contributed by atoms with E-state index in [1.165, 1.54) is 6.42 Å². The van der Waals surface area contributed by atoms with Gasteiger partial charge < -0.3 is 18.9 Å². The molecule has 2 aliphatic rings. The van der Waals surface area contributed by atoms with Gasteiger partial charge in [0.15, 0.2) is 11.5 Å². The summed E-state index contributed by atoms with van der Waals surface area (Å²) in [4.78, 5) is 15.6. The highest BCUT2D eigenvalue weighted by molar-refractivity contribution is 6.33. The number of rotatable bonds is 4. The molecule has 0 radical (unpaired) electrons. The molecule has 0 aliphatic carbocycles. The van der Waals surface area contributed by atoms with Gasteiger partial charge in [-0.25, -0.2) is 9.97 Å². The second-order valence-electron chi connectivity index (χ2n) is 8.33. The first-order valence-electron chi connectivity index (χ1n) is 10.9. The van der Waals surface area contributed by atoms with E-state index in [4.69, 9.17) is 35.5 Å². The summed E-state index contributed by atoms with van der Waals surface area (Å²) in [5, 5.41) is 0.528. The highest BCUT2D eigenvalue weighted by Crippen LogP contribution is 2.41. The molecule has 2 aliphatic heterocycles. The molecule has 4 aromatic rings. The fourth-order valence-electron chi connectivity index (χ4n) is 4.58. The van der Waals surface area contributed by atoms with E-state index in [1.54, 1.807) is 6.07 Å². The van der Waals surface area contributed by atoms with Crippen molar-refractivity contribution in [3.8, 4) is 23.0 Å². The van der Waals surface area contributed by atoms with Crippen LogP contribution in [0.15, 0.2) is 40.8 Å². The number of benzene rings is 2. The van der Waals surface area contributed by atoms with Crippen molar-refractivity contribution in [2.45, 2.75) is 38.8 Å². The second kappa shape index (κ2) is 7.83. The molecule has 164 valence electrons. The monoisotopic (exact) mass is 450 g/mol. The SMILES string of the molecule is Cc1oc(-c2cc3c(cc2Cl)OCO3)nc1CN1CCCCC1c1nc2ccccc2[nH]1. The number of hydrogen-bond acceptors (Lipinski definition) is 6. The molecule has 1 fully saturated rings. The fourth-order valence-corrected chi connectivity index (χ4v) is 4.82. The summed E-state index contributed by atoms with van der Waals surface area (Å²) in [5.74, 6) is 3.61. The van der Waals surface area contributed by atoms with Crippen LogP contribution in [0.3, 0.4) is 0 Å². The molecule has 0 spiro atoms. The Labute approximate surface area is 190 Å². The second-order valence-corrected chi connectivity index (χ2v) is 8.74. The Hall–Kier alpha value is -3.03. The first-order chi connectivity index (χ1) is 15.7. The van der Waals surface area contributed by atoms with Crippen molar-refractivity contribution in [1.82, 2.24) is 19.9 Å². The molecule has 8 heteroatoms. The van der Waals surface area contributed by atoms with Gasteiger partial charge in [-0.3, -0.25) is 4.90 Å². The summed E-state index contributed by atoms with van der Waals surface area (Å²) in [6.45, 7) is 3.84. The Morgan fingerprint density at radius 3 is 2.84 bits per heavy atom. The van der Waals surface area contributed by atoms with Crippen LogP contribution in [-0.2, 0) is 6.54 Å². The number of nitrogens with zero attached hydrogens (tertiary/aromatic N) is 3. The number of halogens is 1. The van der Waals surface area contributed by atoms with E-state index >= 15 is 0 Å². The number of aromatic nitrogens is 3. The highest BCUT2D eigenvalue weighted by atomic mass is 35.5. The minimum absolute atomic E-state index is 0.198. The van der Waals surface area contributed by atoms with Crippen molar-refractivity contribution in [1.29, 1.82) is 0 Å². The van der Waals surface area contributed by atoms with Gasteiger partial charge in [-0.2, -0.15) is 0 Å². The molecule has 1 saturated heterocycles. The van der Waals surface area contributed by atoms with Crippen LogP contribution in [0.4, 0.5) is 0 Å². The molecule has 0 saturated carbocycles. The van der Waals surface area contributed by atoms with E-state index in [0.717, 1.165) is 47.7 Å². The van der Waals surface area contributed by atoms with Crippen molar-refractivity contribution in [2.75, 3.05) is 13.3 Å². The van der Waals surface area contributed by atoms with Gasteiger partial charge in [0.2, 0.25) is 12.7 Å². The standard InChI is InChI=1S/C24H23ClN4O3/c1-14-19(28-24(32-14)15-10-21-22(11-16(15)25)31-13-30-21)12-29-9-5-4-8-20(29)23-26-17-6-2-3-7-18(17)27-23/h2-3,6-7,10-11,20H,4-5,8-9,12-13H2,1H3,(H,26,27). The fraction of sp³-hybridized carbons (Fsp3) is 0.333. The van der Waals surface area contributed by atoms with Crippen LogP contribution in [0.5, 0.6) is 11.5 Å². The maximum Gasteiger partial charge on any atom is 0.231 e. The van der Waals surface area contributed by atoms with Crippen LogP contribution in [0.25, 0.3) is 22.5 Å². The van der Waals surface area contributed by atoms with Gasteiger partial charge in [0.1, 0.15) is 11.6 Å². The third-order valence-corrected chi connectivity index (χ3v) is 6.59. The van der Waals surface area contributed by atoms with E-state index in [-0.39, 0.29) is 12.8 Å². The van der Waals surface area contributed by atoms with E-state index in [2.05, 4.69) is 16.0 Å². The number of aryl methyl sites for hydroxylation is 1. The Morgan fingerprint density at radius 1 is 1.12 bits per heavy atom. The maximum atomic E-state index is 6.48. The quantitative estimate of drug-likeness (QED) is 0.434. The number of nitrogens with one attached hydrogen (secondary N) is 1. The number of piperidine rings is 1. The molecule has 0 bridgehead atoms. The van der Waals surface area contributed by atoms with E-state index in [0.29, 0.717) is 34.5 Å². The van der Waals surface area contributed by atoms with Crippen LogP contribution in [0.2, 0.25) is 5.02 Å². The zero-order chi connectivity index (χ0) is 21.7. The number of hydrogen-bond donors (Lipinski definition) is 1. The van der Waals surface area contributed by atoms with E-state index in [1.807, 2.05) is 31.2 Å². The third-order valence-electron chi connectivity index (χ3n) is 6.28. The summed E-state index contributed by atoms with van der Waals surface area (Å²) in [7, 11) is 0. The molecule has 32 heavy (non-hydrogen) atoms. The predicted molar refractivity (Wildman–Crippen MR) is 121 cm³/mol. The highest BCUT2D eigenvalue weighted by Gasteiger charge is 2.29. The molecule has 0 amide bonds. The molecule has 6 rings (SSSR count). The zero-order valence-corrected chi connectivity index (χ0v) is 18.5. The van der Waals surface area contributed by atoms with Crippen molar-refractivity contribution in [2.24, 2.45) is 0 Å². The summed E-state index contributed by atoms with van der Waals surface area (Å²) < 4.78 is 16.9. The summed E-state index contributed by atoms with van der Waals surface area (Å²) in [6.07, 6.45) is 3.42. The van der Waals surface area contributed by atoms with Crippen molar-refractivity contribution < 1.29 is 13.9 Å². The minimum Gasteiger partial charge on any atom is -0.454 e. The van der Waals surface area contributed by atoms with Crippen molar-refractivity contribution in [3.05, 3.63) is 58.7 Å². The lowest BCUT2D eigenvalue weighted by Crippen LogP contribution is -2.33. The molecule has 2 aromatic heterocycles. The number of aromatic amines is 1. The third kappa shape index (κ3) is 3.42. The lowest BCUT2D eigenvalue weighted by molar-refractivity contribution is 0.132. The molecule has 1 unspecified atom stereocenters. The molecule has 1 N–H and O–H groups in total. The van der Waals surface area contributed by atoms with Crippen molar-refractivity contribution >= 4 is 22.6 Å². The zero-order valence-electron chi connectivity index (χ0n) is 17.7. The Kier molecular flexibility index (Phi) is 4.81. The van der Waals surface area contributed by atoms with Crippen LogP contribution in [-0.4, -0.2) is 33.2 Å². The normalized spacial score (nSPS) is 18.5. The smallest absolute Gasteiger partial charge is 0.231 e. The van der Waals surface area contributed by atoms with Crippen LogP contribution >= 0.6 is 11.6 Å². The average Bonchev–Trinajstić information content (AvgIpc) is 3.52. The number of para-hydroxylation sites is 2. The average molecular weight is 451 g/mol. The summed E-state index contributed by atoms with van der Waals surface area (Å²) in [5.41, 5.74) is 3.70. The lowest BCUT2D eigenvalue weighted by atomic mass is 10.0. The van der Waals surface area contributed by atoms with Crippen molar-refractivity contribution in [3.63, 3.8) is 0 Å². The number of H-pyrrole nitrogens is 1. The number of imidazole rings is 1. The van der Waals surface area contributed by atoms with Crippen LogP contribution in [0, 0.1) is 6.92 Å². The molecule has 1 atom stereocenters. The Bertz CT molecular complexity index is 1260. The molecular formula is C24H23ClN4O3. The van der Waals surface area contributed by atoms with Gasteiger partial charge >= 0.3 is 0 Å². The van der Waals surface area contributed by atoms with Crippen LogP contribution < -0.4 is 9.47 Å². The number of ether oxygens (including phenoxy) is 2. The van der Waals surface area contributed by atoms with Gasteiger partial charge in [0.25, 0.3) is 0 Å². The molecule has 2 aromatic carbocycles. The molecule has 7 nitrogen and oxygen atoms in total. The topological polar surface area (TPSA) is 76.4 Å². The van der Waals surface area contributed by atoms with Gasteiger partial charge in [-0.1, -0.05) is 30.2 Å². The summed E-state index contributed by atoms with van der Waals surface area (Å²) in [6, 6.07) is 12.0. The first-order valence-corrected chi connectivity index (χ1v) is 11.3. The maximum absolute atomic E-state index is 6.48. The largest absolute Gasteiger partial charge is 0.454 e. The van der Waals surface area contributed by atoms with E-state index in [9.17, 15) is 0 Å². The number of oxazole rings is 1. The Morgan fingerprint density at radius 2 is 1.97 bits per heavy atom. The van der Waals surface area contributed by atoms with E-state index < -0.39 is 0 Å². The lowest BCUT2D eigenvalue weighted by Gasteiger charge is -2.34. The van der Waals surface area contributed by atoms with Crippen LogP contribution in [0.1, 0.15) is 42.6 Å². The Balaban J connectivity index is 1.29. The number of likely N-dealkylation sites (tertiary alicyclic amines) is 1. The first kappa shape index (κ1) is 19.6. The molecule has 4 heterocycles. The number of fused-ring (bicyclic) bond motifs is 2. The van der Waals surface area contributed by atoms with Gasteiger partial charge in [-0.15, -0.1) is 0 Å². The predicted octanol–water partition coefficient (Wildman–Crippen LogP) is 5.64. The minimum atomic E-state index is 0.198. The van der Waals surface area contributed by atoms with Gasteiger partial charge in [0.05, 0.1) is 33.4 Å². The summed E-state index contributed by atoms with van der Waals surface area (Å²) >= 11 is 6.48. The van der Waals surface area contributed by atoms with Gasteiger partial charge in [0, 0.05) is 12.6 Å². The molecular weight excluding hydrogens is 428 g/mol. The van der Waals surface area contributed by atoms with Gasteiger partial charge in [-0.05, 0) is 44.5 Å².